The van der Waals surface area contributed by atoms with E-state index in [1.165, 1.54) is 12.4 Å². The molecular weight excluding hydrogens is 763 g/mol. The fourth-order valence-electron chi connectivity index (χ4n) is 5.86. The smallest absolute Gasteiger partial charge is 0.233 e. The molecule has 294 valence electrons. The number of nitrogens with zero attached hydrogens (tertiary/aromatic N) is 3. The van der Waals surface area contributed by atoms with Crippen LogP contribution >= 0.6 is 24.8 Å². The lowest BCUT2D eigenvalue weighted by atomic mass is 10.0. The van der Waals surface area contributed by atoms with Gasteiger partial charge in [-0.25, -0.2) is 21.9 Å². The van der Waals surface area contributed by atoms with Gasteiger partial charge in [0.2, 0.25) is 6.41 Å². The minimum Gasteiger partial charge on any atom is -0.373 e. The highest BCUT2D eigenvalue weighted by atomic mass is 35.5. The van der Waals surface area contributed by atoms with Crippen LogP contribution in [0.1, 0.15) is 66.0 Å². The fourth-order valence-corrected chi connectivity index (χ4v) is 9.35. The second-order valence-electron chi connectivity index (χ2n) is 14.3. The van der Waals surface area contributed by atoms with E-state index in [-0.39, 0.29) is 37.0 Å². The molecular formula is C37H52Cl2N4O8S2. The summed E-state index contributed by atoms with van der Waals surface area (Å²) in [6, 6.07) is 15.9. The molecule has 0 aliphatic carbocycles. The van der Waals surface area contributed by atoms with Crippen molar-refractivity contribution < 1.29 is 35.9 Å². The van der Waals surface area contributed by atoms with Crippen molar-refractivity contribution in [3.8, 4) is 0 Å². The molecule has 16 heteroatoms. The Labute approximate surface area is 325 Å². The maximum Gasteiger partial charge on any atom is 0.233 e. The Balaban J connectivity index is 0.00000486. The normalized spacial score (nSPS) is 14.7. The predicted octanol–water partition coefficient (Wildman–Crippen LogP) is 5.98. The van der Waals surface area contributed by atoms with Gasteiger partial charge in [-0.3, -0.25) is 19.6 Å². The van der Waals surface area contributed by atoms with Crippen molar-refractivity contribution in [3.05, 3.63) is 84.2 Å². The quantitative estimate of drug-likeness (QED) is 0.0928. The molecule has 2 N–H and O–H groups in total. The van der Waals surface area contributed by atoms with Crippen LogP contribution in [0, 0.1) is 0 Å². The van der Waals surface area contributed by atoms with Gasteiger partial charge in [0.1, 0.15) is 0 Å². The molecule has 53 heavy (non-hydrogen) atoms. The number of para-hydroxylation sites is 2. The molecule has 12 nitrogen and oxygen atoms in total. The van der Waals surface area contributed by atoms with Crippen LogP contribution < -0.4 is 5.73 Å². The summed E-state index contributed by atoms with van der Waals surface area (Å²) < 4.78 is 68.1. The number of carbonyl (C=O) groups excluding carboxylic acids is 1. The van der Waals surface area contributed by atoms with E-state index in [1.54, 1.807) is 60.6 Å². The Morgan fingerprint density at radius 3 is 1.75 bits per heavy atom. The van der Waals surface area contributed by atoms with E-state index in [2.05, 4.69) is 9.97 Å². The van der Waals surface area contributed by atoms with E-state index in [1.807, 2.05) is 48.5 Å². The largest absolute Gasteiger partial charge is 0.373 e. The number of hydrogen-bond donors (Lipinski definition) is 1. The third-order valence-corrected chi connectivity index (χ3v) is 11.3. The number of ether oxygens (including phenoxy) is 2. The molecule has 0 bridgehead atoms. The van der Waals surface area contributed by atoms with Crippen LogP contribution in [-0.2, 0) is 50.3 Å². The first kappa shape index (κ1) is 46.2. The lowest BCUT2D eigenvalue weighted by molar-refractivity contribution is -0.245. The SMILES string of the molecule is CC(C)OC(CC(N)C(OC(C)C)S(=O)(=O)Cc1cnc2ccccc2c1)C(CS(=O)(=O)Cc1cnc2ccccc2c1)N(C=O)OC(C)(C)C.Cl.Cl. The first-order valence-corrected chi connectivity index (χ1v) is 20.5. The maximum absolute atomic E-state index is 14.0. The van der Waals surface area contributed by atoms with Crippen molar-refractivity contribution in [3.63, 3.8) is 0 Å². The van der Waals surface area contributed by atoms with Gasteiger partial charge < -0.3 is 15.2 Å². The number of fused-ring (bicyclic) bond motifs is 2. The maximum atomic E-state index is 14.0. The van der Waals surface area contributed by atoms with Gasteiger partial charge in [0.25, 0.3) is 0 Å². The molecule has 0 fully saturated rings. The highest BCUT2D eigenvalue weighted by Crippen LogP contribution is 2.26. The summed E-state index contributed by atoms with van der Waals surface area (Å²) in [5, 5.41) is 2.53. The lowest BCUT2D eigenvalue weighted by Crippen LogP contribution is -2.55. The van der Waals surface area contributed by atoms with E-state index in [4.69, 9.17) is 20.0 Å². The number of carbonyl (C=O) groups is 1. The second kappa shape index (κ2) is 19.6. The molecule has 4 rings (SSSR count). The van der Waals surface area contributed by atoms with E-state index in [0.29, 0.717) is 17.5 Å². The molecule has 0 saturated carbocycles. The number of amides is 1. The summed E-state index contributed by atoms with van der Waals surface area (Å²) in [5.41, 5.74) is 6.73. The Morgan fingerprint density at radius 2 is 1.28 bits per heavy atom. The van der Waals surface area contributed by atoms with Crippen molar-refractivity contribution in [2.45, 2.75) is 108 Å². The van der Waals surface area contributed by atoms with Crippen molar-refractivity contribution in [1.29, 1.82) is 0 Å². The molecule has 2 heterocycles. The number of halogens is 2. The Hall–Kier alpha value is -2.95. The van der Waals surface area contributed by atoms with Crippen LogP contribution in [0.15, 0.2) is 73.1 Å². The molecule has 0 aliphatic heterocycles. The zero-order chi connectivity index (χ0) is 37.6. The van der Waals surface area contributed by atoms with Crippen molar-refractivity contribution in [1.82, 2.24) is 15.0 Å². The van der Waals surface area contributed by atoms with Crippen molar-refractivity contribution in [2.75, 3.05) is 5.75 Å². The van der Waals surface area contributed by atoms with Crippen molar-refractivity contribution in [2.24, 2.45) is 5.73 Å². The van der Waals surface area contributed by atoms with Crippen LogP contribution in [0.2, 0.25) is 0 Å². The molecule has 0 spiro atoms. The Bertz CT molecular complexity index is 2010. The van der Waals surface area contributed by atoms with Gasteiger partial charge in [-0.05, 0) is 90.3 Å². The standard InChI is InChI=1S/C37H50N4O8S2.2ClH/c1-25(2)47-35(18-31(38)36(48-26(3)4)51(45,46)22-28-17-30-13-9-11-15-33(30)40-20-28)34(41(24-42)49-37(5,6)7)23-50(43,44)21-27-16-29-12-8-10-14-32(29)39-19-27;;/h8-17,19-20,24-26,31,34-36H,18,21-23,38H2,1-7H3;2*1H. The zero-order valence-electron chi connectivity index (χ0n) is 31.1. The zero-order valence-corrected chi connectivity index (χ0v) is 34.4. The Kier molecular flexibility index (Phi) is 17.1. The highest BCUT2D eigenvalue weighted by molar-refractivity contribution is 7.91. The van der Waals surface area contributed by atoms with Gasteiger partial charge in [0, 0.05) is 29.2 Å². The third kappa shape index (κ3) is 13.7. The molecule has 4 aromatic rings. The van der Waals surface area contributed by atoms with E-state index >= 15 is 0 Å². The number of aromatic nitrogens is 2. The van der Waals surface area contributed by atoms with Crippen LogP contribution in [-0.4, -0.2) is 85.5 Å². The van der Waals surface area contributed by atoms with Crippen LogP contribution in [0.25, 0.3) is 21.8 Å². The average Bonchev–Trinajstić information content (AvgIpc) is 3.03. The first-order valence-electron chi connectivity index (χ1n) is 16.9. The molecule has 1 amide bonds. The summed E-state index contributed by atoms with van der Waals surface area (Å²) in [4.78, 5) is 27.4. The number of hydroxylamine groups is 2. The molecule has 0 aliphatic rings. The molecule has 2 aromatic heterocycles. The molecule has 4 unspecified atom stereocenters. The van der Waals surface area contributed by atoms with Gasteiger partial charge in [-0.15, -0.1) is 24.8 Å². The molecule has 4 atom stereocenters. The van der Waals surface area contributed by atoms with E-state index < -0.39 is 72.6 Å². The van der Waals surface area contributed by atoms with E-state index in [0.717, 1.165) is 26.9 Å². The third-order valence-electron chi connectivity index (χ3n) is 7.77. The summed E-state index contributed by atoms with van der Waals surface area (Å²) in [6.07, 6.45) is 1.22. The van der Waals surface area contributed by atoms with Crippen LogP contribution in [0.5, 0.6) is 0 Å². The summed E-state index contributed by atoms with van der Waals surface area (Å²) in [7, 11) is -8.02. The minimum atomic E-state index is -4.07. The van der Waals surface area contributed by atoms with Crippen molar-refractivity contribution >= 4 is 72.7 Å². The van der Waals surface area contributed by atoms with Gasteiger partial charge in [-0.1, -0.05) is 36.4 Å². The van der Waals surface area contributed by atoms with Crippen LogP contribution in [0.4, 0.5) is 0 Å². The topological polar surface area (TPSA) is 168 Å². The van der Waals surface area contributed by atoms with E-state index in [9.17, 15) is 21.6 Å². The number of hydrogen-bond acceptors (Lipinski definition) is 11. The number of benzene rings is 2. The summed E-state index contributed by atoms with van der Waals surface area (Å²) in [6.45, 7) is 12.1. The highest BCUT2D eigenvalue weighted by Gasteiger charge is 2.41. The first-order chi connectivity index (χ1) is 23.9. The lowest BCUT2D eigenvalue weighted by Gasteiger charge is -2.39. The average molecular weight is 816 g/mol. The number of sulfone groups is 2. The van der Waals surface area contributed by atoms with Gasteiger partial charge in [0.15, 0.2) is 25.1 Å². The molecule has 0 saturated heterocycles. The molecule has 0 radical (unpaired) electrons. The predicted molar refractivity (Wildman–Crippen MR) is 213 cm³/mol. The number of pyridine rings is 2. The summed E-state index contributed by atoms with van der Waals surface area (Å²) in [5.74, 6) is -1.32. The number of rotatable bonds is 18. The fraction of sp³-hybridized carbons (Fsp3) is 0.486. The van der Waals surface area contributed by atoms with Gasteiger partial charge in [0.05, 0.1) is 58.2 Å². The summed E-state index contributed by atoms with van der Waals surface area (Å²) >= 11 is 0. The van der Waals surface area contributed by atoms with Gasteiger partial charge >= 0.3 is 0 Å². The van der Waals surface area contributed by atoms with Crippen LogP contribution in [0.3, 0.4) is 0 Å². The number of nitrogens with two attached hydrogens (primary N) is 1. The monoisotopic (exact) mass is 814 g/mol. The second-order valence-corrected chi connectivity index (χ2v) is 18.5. The molecule has 2 aromatic carbocycles. The van der Waals surface area contributed by atoms with Gasteiger partial charge in [-0.2, -0.15) is 0 Å². The minimum absolute atomic E-state index is 0. The Morgan fingerprint density at radius 1 is 0.792 bits per heavy atom.